The van der Waals surface area contributed by atoms with E-state index in [-0.39, 0.29) is 15.8 Å². The largest absolute Gasteiger partial charge is 0.405 e. The Morgan fingerprint density at radius 3 is 2.47 bits per heavy atom. The van der Waals surface area contributed by atoms with Gasteiger partial charge in [-0.05, 0) is 22.0 Å². The lowest BCUT2D eigenvalue weighted by atomic mass is 10.2. The van der Waals surface area contributed by atoms with E-state index in [9.17, 15) is 17.6 Å². The van der Waals surface area contributed by atoms with Crippen LogP contribution in [0.5, 0.6) is 0 Å². The quantitative estimate of drug-likeness (QED) is 0.647. The molecule has 1 rings (SSSR count). The number of anilines is 2. The van der Waals surface area contributed by atoms with Crippen molar-refractivity contribution in [1.29, 1.82) is 0 Å². The first-order chi connectivity index (χ1) is 6.79. The number of halogens is 5. The van der Waals surface area contributed by atoms with E-state index in [1.54, 1.807) is 0 Å². The number of benzene rings is 1. The van der Waals surface area contributed by atoms with Gasteiger partial charge in [0.05, 0.1) is 15.8 Å². The van der Waals surface area contributed by atoms with Gasteiger partial charge in [0, 0.05) is 6.07 Å². The lowest BCUT2D eigenvalue weighted by Gasteiger charge is -2.12. The van der Waals surface area contributed by atoms with Crippen LogP contribution < -0.4 is 11.1 Å². The maximum atomic E-state index is 13.0. The Kier molecular flexibility index (Phi) is 3.43. The number of nitrogens with one attached hydrogen (secondary N) is 1. The highest BCUT2D eigenvalue weighted by molar-refractivity contribution is 9.10. The molecule has 0 bridgehead atoms. The Morgan fingerprint density at radius 1 is 1.33 bits per heavy atom. The topological polar surface area (TPSA) is 38.0 Å². The highest BCUT2D eigenvalue weighted by Gasteiger charge is 2.27. The number of rotatable bonds is 2. The van der Waals surface area contributed by atoms with Crippen LogP contribution in [0.4, 0.5) is 28.9 Å². The molecule has 2 nitrogen and oxygen atoms in total. The van der Waals surface area contributed by atoms with Crippen molar-refractivity contribution in [3.63, 3.8) is 0 Å². The van der Waals surface area contributed by atoms with Gasteiger partial charge in [-0.2, -0.15) is 13.2 Å². The molecule has 0 amide bonds. The Balaban J connectivity index is 2.82. The first kappa shape index (κ1) is 12.1. The van der Waals surface area contributed by atoms with Crippen LogP contribution in [-0.2, 0) is 0 Å². The van der Waals surface area contributed by atoms with Crippen LogP contribution in [0, 0.1) is 5.82 Å². The van der Waals surface area contributed by atoms with E-state index in [0.717, 1.165) is 6.07 Å². The van der Waals surface area contributed by atoms with Crippen LogP contribution in [0.15, 0.2) is 16.6 Å². The van der Waals surface area contributed by atoms with Crippen LogP contribution in [0.1, 0.15) is 0 Å². The molecule has 0 unspecified atom stereocenters. The molecule has 0 atom stereocenters. The number of alkyl halides is 3. The molecule has 0 aliphatic heterocycles. The predicted octanol–water partition coefficient (Wildman–Crippen LogP) is 3.14. The summed E-state index contributed by atoms with van der Waals surface area (Å²) in [6.45, 7) is -1.25. The van der Waals surface area contributed by atoms with Crippen LogP contribution in [0.3, 0.4) is 0 Å². The summed E-state index contributed by atoms with van der Waals surface area (Å²) in [6, 6.07) is 2.11. The van der Waals surface area contributed by atoms with Crippen molar-refractivity contribution in [3.05, 3.63) is 22.4 Å². The van der Waals surface area contributed by atoms with Crippen LogP contribution >= 0.6 is 15.9 Å². The highest BCUT2D eigenvalue weighted by atomic mass is 79.9. The van der Waals surface area contributed by atoms with E-state index in [1.807, 2.05) is 5.32 Å². The number of nitrogens with two attached hydrogens (primary N) is 1. The van der Waals surface area contributed by atoms with Crippen LogP contribution in [-0.4, -0.2) is 12.7 Å². The fraction of sp³-hybridized carbons (Fsp3) is 0.250. The minimum Gasteiger partial charge on any atom is -0.397 e. The maximum absolute atomic E-state index is 13.0. The molecule has 0 saturated heterocycles. The minimum absolute atomic E-state index is 0.0486. The van der Waals surface area contributed by atoms with Crippen molar-refractivity contribution in [2.45, 2.75) is 6.18 Å². The SMILES string of the molecule is Nc1cc(Br)c(F)cc1NCC(F)(F)F. The molecule has 15 heavy (non-hydrogen) atoms. The summed E-state index contributed by atoms with van der Waals surface area (Å²) >= 11 is 2.87. The third-order valence-corrected chi connectivity index (χ3v) is 2.18. The van der Waals surface area contributed by atoms with E-state index in [2.05, 4.69) is 15.9 Å². The summed E-state index contributed by atoms with van der Waals surface area (Å²) in [6.07, 6.45) is -4.37. The standard InChI is InChI=1S/C8H7BrF4N2/c9-4-1-6(14)7(2-5(4)10)15-3-8(11,12)13/h1-2,15H,3,14H2. The fourth-order valence-electron chi connectivity index (χ4n) is 0.911. The lowest BCUT2D eigenvalue weighted by molar-refractivity contribution is -0.115. The van der Waals surface area contributed by atoms with Gasteiger partial charge < -0.3 is 11.1 Å². The minimum atomic E-state index is -4.37. The van der Waals surface area contributed by atoms with Gasteiger partial charge in [0.15, 0.2) is 0 Å². The van der Waals surface area contributed by atoms with E-state index in [4.69, 9.17) is 5.73 Å². The van der Waals surface area contributed by atoms with Crippen molar-refractivity contribution in [2.75, 3.05) is 17.6 Å². The summed E-state index contributed by atoms with van der Waals surface area (Å²) < 4.78 is 48.6. The summed E-state index contributed by atoms with van der Waals surface area (Å²) in [5.74, 6) is -0.672. The molecule has 0 heterocycles. The monoisotopic (exact) mass is 286 g/mol. The maximum Gasteiger partial charge on any atom is 0.405 e. The lowest BCUT2D eigenvalue weighted by Crippen LogP contribution is -2.21. The summed E-state index contributed by atoms with van der Waals surface area (Å²) in [7, 11) is 0. The molecule has 1 aromatic rings. The summed E-state index contributed by atoms with van der Waals surface area (Å²) in [4.78, 5) is 0. The van der Waals surface area contributed by atoms with Gasteiger partial charge in [-0.15, -0.1) is 0 Å². The van der Waals surface area contributed by atoms with Crippen molar-refractivity contribution in [3.8, 4) is 0 Å². The Labute approximate surface area is 91.6 Å². The number of hydrogen-bond acceptors (Lipinski definition) is 2. The normalized spacial score (nSPS) is 11.5. The molecular weight excluding hydrogens is 280 g/mol. The van der Waals surface area contributed by atoms with Gasteiger partial charge in [-0.3, -0.25) is 0 Å². The van der Waals surface area contributed by atoms with Crippen molar-refractivity contribution >= 4 is 27.3 Å². The molecule has 0 aliphatic carbocycles. The highest BCUT2D eigenvalue weighted by Crippen LogP contribution is 2.27. The molecule has 0 fully saturated rings. The zero-order valence-corrected chi connectivity index (χ0v) is 8.91. The van der Waals surface area contributed by atoms with Gasteiger partial charge in [0.25, 0.3) is 0 Å². The van der Waals surface area contributed by atoms with E-state index < -0.39 is 18.5 Å². The van der Waals surface area contributed by atoms with Gasteiger partial charge in [-0.25, -0.2) is 4.39 Å². The summed E-state index contributed by atoms with van der Waals surface area (Å²) in [5.41, 5.74) is 5.37. The Bertz CT molecular complexity index is 364. The van der Waals surface area contributed by atoms with E-state index in [0.29, 0.717) is 0 Å². The number of nitrogen functional groups attached to an aromatic ring is 1. The Morgan fingerprint density at radius 2 is 1.93 bits per heavy atom. The second-order valence-electron chi connectivity index (χ2n) is 2.82. The average molecular weight is 287 g/mol. The zero-order valence-electron chi connectivity index (χ0n) is 7.33. The molecule has 0 aliphatic rings. The molecule has 0 saturated carbocycles. The second-order valence-corrected chi connectivity index (χ2v) is 3.68. The van der Waals surface area contributed by atoms with Crippen molar-refractivity contribution in [1.82, 2.24) is 0 Å². The molecule has 1 aromatic carbocycles. The molecule has 0 radical (unpaired) electrons. The fourth-order valence-corrected chi connectivity index (χ4v) is 1.27. The molecule has 3 N–H and O–H groups in total. The average Bonchev–Trinajstić information content (AvgIpc) is 2.07. The first-order valence-electron chi connectivity index (χ1n) is 3.85. The van der Waals surface area contributed by atoms with Crippen molar-refractivity contribution < 1.29 is 17.6 Å². The van der Waals surface area contributed by atoms with Gasteiger partial charge >= 0.3 is 6.18 Å². The smallest absolute Gasteiger partial charge is 0.397 e. The third kappa shape index (κ3) is 3.58. The van der Waals surface area contributed by atoms with Gasteiger partial charge in [0.2, 0.25) is 0 Å². The van der Waals surface area contributed by atoms with Crippen LogP contribution in [0.2, 0.25) is 0 Å². The van der Waals surface area contributed by atoms with Gasteiger partial charge in [0.1, 0.15) is 12.4 Å². The van der Waals surface area contributed by atoms with Crippen molar-refractivity contribution in [2.24, 2.45) is 0 Å². The van der Waals surface area contributed by atoms with E-state index in [1.165, 1.54) is 6.07 Å². The predicted molar refractivity (Wildman–Crippen MR) is 53.1 cm³/mol. The molecule has 0 spiro atoms. The van der Waals surface area contributed by atoms with E-state index >= 15 is 0 Å². The molecule has 7 heteroatoms. The molecule has 0 aromatic heterocycles. The Hall–Kier alpha value is -0.980. The zero-order chi connectivity index (χ0) is 11.6. The van der Waals surface area contributed by atoms with Crippen LogP contribution in [0.25, 0.3) is 0 Å². The molecule has 84 valence electrons. The third-order valence-electron chi connectivity index (χ3n) is 1.57. The molecular formula is C8H7BrF4N2. The first-order valence-corrected chi connectivity index (χ1v) is 4.64. The summed E-state index contributed by atoms with van der Waals surface area (Å²) in [5, 5.41) is 2.01. The van der Waals surface area contributed by atoms with Gasteiger partial charge in [-0.1, -0.05) is 0 Å². The second kappa shape index (κ2) is 4.26. The number of hydrogen-bond donors (Lipinski definition) is 2.